The van der Waals surface area contributed by atoms with Crippen molar-refractivity contribution in [1.29, 1.82) is 0 Å². The van der Waals surface area contributed by atoms with Crippen LogP contribution >= 0.6 is 47.0 Å². The van der Waals surface area contributed by atoms with Gasteiger partial charge in [0.25, 0.3) is 0 Å². The normalized spacial score (nSPS) is 23.6. The molecule has 0 radical (unpaired) electrons. The molecule has 2 unspecified atom stereocenters. The summed E-state index contributed by atoms with van der Waals surface area (Å²) in [7, 11) is 0. The van der Waals surface area contributed by atoms with Crippen LogP contribution in [0.2, 0.25) is 0 Å². The van der Waals surface area contributed by atoms with Crippen molar-refractivity contribution >= 4 is 57.8 Å². The summed E-state index contributed by atoms with van der Waals surface area (Å²) in [6.45, 7) is 0.223. The molecule has 0 aromatic heterocycles. The number of aliphatic hydroxyl groups is 2. The second-order valence-corrected chi connectivity index (χ2v) is 10.5. The van der Waals surface area contributed by atoms with Gasteiger partial charge in [0.1, 0.15) is 0 Å². The summed E-state index contributed by atoms with van der Waals surface area (Å²) in [5.41, 5.74) is 2.64. The Balaban J connectivity index is 1.74. The maximum Gasteiger partial charge on any atom is 0.0841 e. The fourth-order valence-corrected chi connectivity index (χ4v) is 7.83. The Bertz CT molecular complexity index is 762. The van der Waals surface area contributed by atoms with Gasteiger partial charge < -0.3 is 10.2 Å². The van der Waals surface area contributed by atoms with E-state index in [1.54, 1.807) is 47.0 Å². The van der Waals surface area contributed by atoms with Crippen LogP contribution in [0.3, 0.4) is 0 Å². The maximum atomic E-state index is 9.40. The minimum absolute atomic E-state index is 0.111. The molecule has 2 aliphatic heterocycles. The molecule has 2 atom stereocenters. The van der Waals surface area contributed by atoms with Gasteiger partial charge in [-0.05, 0) is 44.8 Å². The summed E-state index contributed by atoms with van der Waals surface area (Å²) in [4.78, 5) is 2.06. The predicted octanol–water partition coefficient (Wildman–Crippen LogP) is 5.46. The molecule has 2 N–H and O–H groups in total. The highest BCUT2D eigenvalue weighted by molar-refractivity contribution is 8.23. The van der Waals surface area contributed by atoms with Crippen LogP contribution in [-0.4, -0.2) is 23.4 Å². The van der Waals surface area contributed by atoms with Gasteiger partial charge in [-0.15, -0.1) is 47.0 Å². The Morgan fingerprint density at radius 1 is 0.750 bits per heavy atom. The number of aliphatic hydroxyl groups excluding tert-OH is 2. The average Bonchev–Trinajstić information content (AvgIpc) is 3.29. The van der Waals surface area contributed by atoms with Crippen LogP contribution in [-0.2, 0) is 0 Å². The molecular weight excluding hydrogens is 376 g/mol. The molecule has 0 saturated carbocycles. The molecule has 0 saturated heterocycles. The third-order valence-electron chi connectivity index (χ3n) is 3.93. The highest BCUT2D eigenvalue weighted by Crippen LogP contribution is 2.57. The smallest absolute Gasteiger partial charge is 0.0841 e. The third kappa shape index (κ3) is 3.28. The number of fused-ring (bicyclic) bond motifs is 1. The SMILES string of the molecule is OCC1=CSC(c2cc3ccccc3cc2C2SC=C(CO)S2)S1. The average molecular weight is 393 g/mol. The Morgan fingerprint density at radius 3 is 1.58 bits per heavy atom. The van der Waals surface area contributed by atoms with Gasteiger partial charge in [-0.25, -0.2) is 0 Å². The van der Waals surface area contributed by atoms with Gasteiger partial charge in [0.2, 0.25) is 0 Å². The van der Waals surface area contributed by atoms with Crippen molar-refractivity contribution < 1.29 is 10.2 Å². The standard InChI is InChI=1S/C18H16O2S4/c19-7-13-9-21-17(23-13)15-5-11-3-1-2-4-12(11)6-16(15)18-22-10-14(8-20)24-18/h1-6,9-10,17-20H,7-8H2. The van der Waals surface area contributed by atoms with E-state index in [4.69, 9.17) is 0 Å². The maximum absolute atomic E-state index is 9.40. The van der Waals surface area contributed by atoms with Crippen LogP contribution in [0.4, 0.5) is 0 Å². The molecule has 2 nitrogen and oxygen atoms in total. The van der Waals surface area contributed by atoms with Gasteiger partial charge in [-0.1, -0.05) is 24.3 Å². The molecule has 24 heavy (non-hydrogen) atoms. The van der Waals surface area contributed by atoms with Crippen molar-refractivity contribution in [2.24, 2.45) is 0 Å². The largest absolute Gasteiger partial charge is 0.391 e. The first-order valence-corrected chi connectivity index (χ1v) is 11.2. The summed E-state index contributed by atoms with van der Waals surface area (Å²) in [5.74, 6) is 0. The van der Waals surface area contributed by atoms with E-state index in [1.165, 1.54) is 21.9 Å². The molecule has 0 amide bonds. The second-order valence-electron chi connectivity index (χ2n) is 5.48. The monoisotopic (exact) mass is 392 g/mol. The van der Waals surface area contributed by atoms with Crippen molar-refractivity contribution in [1.82, 2.24) is 0 Å². The second kappa shape index (κ2) is 7.40. The topological polar surface area (TPSA) is 40.5 Å². The number of hydrogen-bond donors (Lipinski definition) is 2. The summed E-state index contributed by atoms with van der Waals surface area (Å²) >= 11 is 7.03. The zero-order valence-electron chi connectivity index (χ0n) is 12.7. The zero-order valence-corrected chi connectivity index (χ0v) is 16.0. The summed E-state index contributed by atoms with van der Waals surface area (Å²) in [5, 5.41) is 25.4. The first-order chi connectivity index (χ1) is 11.8. The summed E-state index contributed by atoms with van der Waals surface area (Å²) < 4.78 is 0.567. The van der Waals surface area contributed by atoms with Crippen LogP contribution in [0, 0.1) is 0 Å². The first-order valence-electron chi connectivity index (χ1n) is 7.55. The van der Waals surface area contributed by atoms with E-state index in [2.05, 4.69) is 47.2 Å². The molecule has 0 bridgehead atoms. The van der Waals surface area contributed by atoms with Crippen molar-refractivity contribution in [2.45, 2.75) is 9.16 Å². The number of rotatable bonds is 4. The highest BCUT2D eigenvalue weighted by Gasteiger charge is 2.28. The Morgan fingerprint density at radius 2 is 1.21 bits per heavy atom. The first kappa shape index (κ1) is 16.9. The van der Waals surface area contributed by atoms with Crippen molar-refractivity contribution in [3.8, 4) is 0 Å². The lowest BCUT2D eigenvalue weighted by Gasteiger charge is -2.20. The molecule has 2 heterocycles. The fourth-order valence-electron chi connectivity index (χ4n) is 2.77. The van der Waals surface area contributed by atoms with E-state index >= 15 is 0 Å². The quantitative estimate of drug-likeness (QED) is 0.719. The van der Waals surface area contributed by atoms with Gasteiger partial charge in [0.15, 0.2) is 0 Å². The van der Waals surface area contributed by atoms with Gasteiger partial charge in [-0.2, -0.15) is 0 Å². The lowest BCUT2D eigenvalue weighted by atomic mass is 10.0. The third-order valence-corrected chi connectivity index (χ3v) is 9.36. The van der Waals surface area contributed by atoms with Crippen LogP contribution < -0.4 is 0 Å². The van der Waals surface area contributed by atoms with Crippen molar-refractivity contribution in [3.05, 3.63) is 68.2 Å². The zero-order chi connectivity index (χ0) is 16.5. The summed E-state index contributed by atoms with van der Waals surface area (Å²) in [6, 6.07) is 13.0. The number of thioether (sulfide) groups is 4. The van der Waals surface area contributed by atoms with Gasteiger partial charge in [0, 0.05) is 9.81 Å². The predicted molar refractivity (Wildman–Crippen MR) is 110 cm³/mol. The van der Waals surface area contributed by atoms with E-state index in [0.29, 0.717) is 0 Å². The van der Waals surface area contributed by atoms with E-state index in [9.17, 15) is 10.2 Å². The molecule has 2 aliphatic rings. The lowest BCUT2D eigenvalue weighted by molar-refractivity contribution is 0.339. The molecule has 2 aromatic rings. The molecule has 124 valence electrons. The van der Waals surface area contributed by atoms with Crippen LogP contribution in [0.15, 0.2) is 57.0 Å². The molecular formula is C18H16O2S4. The van der Waals surface area contributed by atoms with E-state index in [1.807, 2.05) is 0 Å². The molecule has 2 aromatic carbocycles. The van der Waals surface area contributed by atoms with Gasteiger partial charge in [-0.3, -0.25) is 0 Å². The van der Waals surface area contributed by atoms with Crippen LogP contribution in [0.1, 0.15) is 20.3 Å². The fraction of sp³-hybridized carbons (Fsp3) is 0.222. The number of benzene rings is 2. The Labute approximate surface area is 158 Å². The van der Waals surface area contributed by atoms with Crippen LogP contribution in [0.25, 0.3) is 10.8 Å². The van der Waals surface area contributed by atoms with Gasteiger partial charge >= 0.3 is 0 Å². The minimum Gasteiger partial charge on any atom is -0.391 e. The molecule has 4 rings (SSSR count). The molecule has 6 heteroatoms. The highest BCUT2D eigenvalue weighted by atomic mass is 32.2. The summed E-state index contributed by atoms with van der Waals surface area (Å²) in [6.07, 6.45) is 0. The van der Waals surface area contributed by atoms with E-state index in [-0.39, 0.29) is 22.4 Å². The Kier molecular flexibility index (Phi) is 5.22. The molecule has 0 fully saturated rings. The van der Waals surface area contributed by atoms with E-state index < -0.39 is 0 Å². The van der Waals surface area contributed by atoms with Gasteiger partial charge in [0.05, 0.1) is 22.4 Å². The molecule has 0 spiro atoms. The molecule has 0 aliphatic carbocycles. The lowest BCUT2D eigenvalue weighted by Crippen LogP contribution is -1.98. The van der Waals surface area contributed by atoms with E-state index in [0.717, 1.165) is 9.81 Å². The van der Waals surface area contributed by atoms with Crippen LogP contribution in [0.5, 0.6) is 0 Å². The van der Waals surface area contributed by atoms with Crippen molar-refractivity contribution in [3.63, 3.8) is 0 Å². The minimum atomic E-state index is 0.111. The number of hydrogen-bond acceptors (Lipinski definition) is 6. The Hall–Kier alpha value is -0.500. The van der Waals surface area contributed by atoms with Crippen molar-refractivity contribution in [2.75, 3.05) is 13.2 Å².